The molecular formula is C17H16FNO2S. The molecule has 2 aromatic carbocycles. The third-order valence-electron chi connectivity index (χ3n) is 4.68. The molecule has 0 radical (unpaired) electrons. The number of sulfonamides is 1. The van der Waals surface area contributed by atoms with Gasteiger partial charge in [-0.15, -0.1) is 0 Å². The SMILES string of the molecule is O=S(=O)(c1ccc(F)cc1)N1CCc2cccc3c2C1CC3. The highest BCUT2D eigenvalue weighted by atomic mass is 32.2. The van der Waals surface area contributed by atoms with Gasteiger partial charge in [-0.2, -0.15) is 4.31 Å². The predicted molar refractivity (Wildman–Crippen MR) is 81.5 cm³/mol. The van der Waals surface area contributed by atoms with E-state index < -0.39 is 15.8 Å². The highest BCUT2D eigenvalue weighted by Gasteiger charge is 2.39. The van der Waals surface area contributed by atoms with Crippen LogP contribution in [0, 0.1) is 5.82 Å². The first-order chi connectivity index (χ1) is 10.6. The van der Waals surface area contributed by atoms with Crippen molar-refractivity contribution in [1.29, 1.82) is 0 Å². The predicted octanol–water partition coefficient (Wildman–Crippen LogP) is 3.06. The molecule has 22 heavy (non-hydrogen) atoms. The average molecular weight is 317 g/mol. The average Bonchev–Trinajstić information content (AvgIpc) is 2.94. The first kappa shape index (κ1) is 13.9. The van der Waals surface area contributed by atoms with E-state index >= 15 is 0 Å². The van der Waals surface area contributed by atoms with Crippen LogP contribution in [0.25, 0.3) is 0 Å². The highest BCUT2D eigenvalue weighted by Crippen LogP contribution is 2.43. The van der Waals surface area contributed by atoms with E-state index in [1.54, 1.807) is 4.31 Å². The number of hydrogen-bond donors (Lipinski definition) is 0. The summed E-state index contributed by atoms with van der Waals surface area (Å²) in [6, 6.07) is 11.3. The van der Waals surface area contributed by atoms with Gasteiger partial charge in [-0.25, -0.2) is 12.8 Å². The lowest BCUT2D eigenvalue weighted by Gasteiger charge is -2.34. The zero-order chi connectivity index (χ0) is 15.3. The Morgan fingerprint density at radius 2 is 1.68 bits per heavy atom. The summed E-state index contributed by atoms with van der Waals surface area (Å²) >= 11 is 0. The maximum absolute atomic E-state index is 13.1. The topological polar surface area (TPSA) is 37.4 Å². The fraction of sp³-hybridized carbons (Fsp3) is 0.294. The van der Waals surface area contributed by atoms with Crippen molar-refractivity contribution < 1.29 is 12.8 Å². The minimum atomic E-state index is -3.58. The Morgan fingerprint density at radius 3 is 2.41 bits per heavy atom. The molecule has 0 saturated heterocycles. The molecule has 5 heteroatoms. The lowest BCUT2D eigenvalue weighted by atomic mass is 9.95. The van der Waals surface area contributed by atoms with Gasteiger partial charge in [0.15, 0.2) is 0 Å². The summed E-state index contributed by atoms with van der Waals surface area (Å²) in [7, 11) is -3.58. The molecule has 0 saturated carbocycles. The molecule has 114 valence electrons. The Balaban J connectivity index is 1.77. The number of benzene rings is 2. The molecule has 3 nitrogen and oxygen atoms in total. The summed E-state index contributed by atoms with van der Waals surface area (Å²) in [5.74, 6) is -0.425. The summed E-state index contributed by atoms with van der Waals surface area (Å²) in [6.07, 6.45) is 2.48. The first-order valence-electron chi connectivity index (χ1n) is 7.45. The molecule has 0 bridgehead atoms. The van der Waals surface area contributed by atoms with Gasteiger partial charge in [-0.05, 0) is 60.2 Å². The van der Waals surface area contributed by atoms with Crippen molar-refractivity contribution in [2.24, 2.45) is 0 Å². The monoisotopic (exact) mass is 317 g/mol. The van der Waals surface area contributed by atoms with Crippen molar-refractivity contribution in [3.8, 4) is 0 Å². The van der Waals surface area contributed by atoms with Gasteiger partial charge in [-0.1, -0.05) is 18.2 Å². The van der Waals surface area contributed by atoms with Crippen molar-refractivity contribution in [2.75, 3.05) is 6.54 Å². The van der Waals surface area contributed by atoms with E-state index in [1.165, 1.54) is 41.0 Å². The maximum atomic E-state index is 13.1. The van der Waals surface area contributed by atoms with Crippen LogP contribution in [0.3, 0.4) is 0 Å². The second-order valence-corrected chi connectivity index (χ2v) is 7.75. The van der Waals surface area contributed by atoms with Crippen LogP contribution >= 0.6 is 0 Å². The van der Waals surface area contributed by atoms with Crippen molar-refractivity contribution in [3.63, 3.8) is 0 Å². The lowest BCUT2D eigenvalue weighted by molar-refractivity contribution is 0.308. The zero-order valence-corrected chi connectivity index (χ0v) is 12.8. The van der Waals surface area contributed by atoms with Crippen molar-refractivity contribution in [3.05, 3.63) is 65.0 Å². The molecule has 1 aliphatic heterocycles. The molecule has 0 fully saturated rings. The van der Waals surface area contributed by atoms with Crippen LogP contribution in [0.1, 0.15) is 29.2 Å². The normalized spacial score (nSPS) is 20.9. The Hall–Kier alpha value is -1.72. The molecule has 0 N–H and O–H groups in total. The van der Waals surface area contributed by atoms with Crippen molar-refractivity contribution in [1.82, 2.24) is 4.31 Å². The van der Waals surface area contributed by atoms with Gasteiger partial charge in [0.2, 0.25) is 10.0 Å². The number of hydrogen-bond acceptors (Lipinski definition) is 2. The molecule has 0 spiro atoms. The van der Waals surface area contributed by atoms with Crippen LogP contribution in [-0.2, 0) is 22.9 Å². The molecule has 1 unspecified atom stereocenters. The van der Waals surface area contributed by atoms with Gasteiger partial charge in [0, 0.05) is 6.54 Å². The van der Waals surface area contributed by atoms with E-state index in [2.05, 4.69) is 18.2 Å². The molecule has 1 atom stereocenters. The largest absolute Gasteiger partial charge is 0.243 e. The minimum Gasteiger partial charge on any atom is -0.207 e. The molecule has 0 aromatic heterocycles. The molecule has 1 heterocycles. The molecular weight excluding hydrogens is 301 g/mol. The van der Waals surface area contributed by atoms with Crippen molar-refractivity contribution in [2.45, 2.75) is 30.2 Å². The van der Waals surface area contributed by atoms with Gasteiger partial charge in [0.25, 0.3) is 0 Å². The lowest BCUT2D eigenvalue weighted by Crippen LogP contribution is -2.39. The van der Waals surface area contributed by atoms with Gasteiger partial charge in [-0.3, -0.25) is 0 Å². The number of aryl methyl sites for hydroxylation is 1. The Kier molecular flexibility index (Phi) is 3.09. The van der Waals surface area contributed by atoms with E-state index in [4.69, 9.17) is 0 Å². The van der Waals surface area contributed by atoms with Crippen molar-refractivity contribution >= 4 is 10.0 Å². The van der Waals surface area contributed by atoms with Crippen LogP contribution in [0.4, 0.5) is 4.39 Å². The van der Waals surface area contributed by atoms with Crippen LogP contribution in [0.5, 0.6) is 0 Å². The van der Waals surface area contributed by atoms with E-state index in [9.17, 15) is 12.8 Å². The Morgan fingerprint density at radius 1 is 1.00 bits per heavy atom. The standard InChI is InChI=1S/C17H16FNO2S/c18-14-5-7-15(8-6-14)22(20,21)19-11-10-13-3-1-2-12-4-9-16(19)17(12)13/h1-3,5-8,16H,4,9-11H2. The number of nitrogens with zero attached hydrogens (tertiary/aromatic N) is 1. The fourth-order valence-corrected chi connectivity index (χ4v) is 5.30. The molecule has 0 amide bonds. The van der Waals surface area contributed by atoms with E-state index in [-0.39, 0.29) is 10.9 Å². The second-order valence-electron chi connectivity index (χ2n) is 5.86. The zero-order valence-electron chi connectivity index (χ0n) is 12.0. The summed E-state index contributed by atoms with van der Waals surface area (Å²) in [4.78, 5) is 0.168. The van der Waals surface area contributed by atoms with Gasteiger partial charge in [0.1, 0.15) is 5.82 Å². The van der Waals surface area contributed by atoms with E-state index in [0.29, 0.717) is 6.54 Å². The van der Waals surface area contributed by atoms with Crippen LogP contribution in [0.15, 0.2) is 47.4 Å². The Bertz CT molecular complexity index is 830. The molecule has 1 aliphatic carbocycles. The van der Waals surface area contributed by atoms with Crippen LogP contribution in [-0.4, -0.2) is 19.3 Å². The summed E-state index contributed by atoms with van der Waals surface area (Å²) < 4.78 is 40.5. The van der Waals surface area contributed by atoms with Crippen LogP contribution in [0.2, 0.25) is 0 Å². The molecule has 2 aromatic rings. The first-order valence-corrected chi connectivity index (χ1v) is 8.89. The fourth-order valence-electron chi connectivity index (χ4n) is 3.67. The molecule has 2 aliphatic rings. The van der Waals surface area contributed by atoms with Crippen LogP contribution < -0.4 is 0 Å². The maximum Gasteiger partial charge on any atom is 0.243 e. The highest BCUT2D eigenvalue weighted by molar-refractivity contribution is 7.89. The minimum absolute atomic E-state index is 0.0741. The third-order valence-corrected chi connectivity index (χ3v) is 6.60. The van der Waals surface area contributed by atoms with E-state index in [0.717, 1.165) is 19.3 Å². The summed E-state index contributed by atoms with van der Waals surface area (Å²) in [5, 5.41) is 0. The van der Waals surface area contributed by atoms with E-state index in [1.807, 2.05) is 0 Å². The number of rotatable bonds is 2. The quantitative estimate of drug-likeness (QED) is 0.854. The molecule has 4 rings (SSSR count). The second kappa shape index (κ2) is 4.89. The smallest absolute Gasteiger partial charge is 0.207 e. The number of halogens is 1. The van der Waals surface area contributed by atoms with Gasteiger partial charge < -0.3 is 0 Å². The summed E-state index contributed by atoms with van der Waals surface area (Å²) in [6.45, 7) is 0.487. The summed E-state index contributed by atoms with van der Waals surface area (Å²) in [5.41, 5.74) is 3.73. The third kappa shape index (κ3) is 2.00. The Labute approximate surface area is 129 Å². The van der Waals surface area contributed by atoms with Gasteiger partial charge >= 0.3 is 0 Å². The van der Waals surface area contributed by atoms with Gasteiger partial charge in [0.05, 0.1) is 10.9 Å².